The van der Waals surface area contributed by atoms with E-state index in [0.717, 1.165) is 42.2 Å². The monoisotopic (exact) mass is 666 g/mol. The van der Waals surface area contributed by atoms with Gasteiger partial charge in [0.1, 0.15) is 16.9 Å². The highest BCUT2D eigenvalue weighted by atomic mass is 32.1. The molecule has 0 spiro atoms. The first kappa shape index (κ1) is 38.9. The second kappa shape index (κ2) is 16.7. The zero-order chi connectivity index (χ0) is 34.4. The summed E-state index contributed by atoms with van der Waals surface area (Å²) >= 11 is 1.54. The maximum absolute atomic E-state index is 13.6. The smallest absolute Gasteiger partial charge is 0.164 e. The van der Waals surface area contributed by atoms with Crippen molar-refractivity contribution in [2.45, 2.75) is 105 Å². The molecule has 0 saturated heterocycles. The van der Waals surface area contributed by atoms with E-state index in [1.165, 1.54) is 11.3 Å². The Morgan fingerprint density at radius 2 is 1.72 bits per heavy atom. The molecule has 2 aliphatic carbocycles. The van der Waals surface area contributed by atoms with E-state index >= 15 is 0 Å². The fraction of sp³-hybridized carbons (Fsp3) is 0.800. The third kappa shape index (κ3) is 9.31. The zero-order valence-corrected chi connectivity index (χ0v) is 29.9. The van der Waals surface area contributed by atoms with Gasteiger partial charge in [0, 0.05) is 50.9 Å². The van der Waals surface area contributed by atoms with Gasteiger partial charge in [-0.25, -0.2) is 4.98 Å². The molecule has 46 heavy (non-hydrogen) atoms. The minimum atomic E-state index is -1.43. The topological polar surface area (TPSA) is 150 Å². The number of thiazole rings is 1. The first-order chi connectivity index (χ1) is 21.6. The summed E-state index contributed by atoms with van der Waals surface area (Å²) in [5, 5.41) is 47.6. The number of aromatic nitrogens is 1. The Labute approximate surface area is 279 Å². The number of aliphatic hydroxyl groups excluding tert-OH is 4. The SMILES string of the molecule is COCCN(CCOC)Cc1nc(/C=C(\C)C2CC3C(O)C3(C)CCCC(C)C(O)C(C)C(=O)C(C)(C)C(O)CC(=O)C2O)cs1. The molecule has 0 amide bonds. The molecule has 1 aromatic rings. The molecule has 3 rings (SSSR count). The predicted octanol–water partition coefficient (Wildman–Crippen LogP) is 3.74. The van der Waals surface area contributed by atoms with Crippen LogP contribution < -0.4 is 0 Å². The highest BCUT2D eigenvalue weighted by Gasteiger charge is 2.60. The maximum Gasteiger partial charge on any atom is 0.164 e. The summed E-state index contributed by atoms with van der Waals surface area (Å²) in [6.07, 6.45) is -0.112. The lowest BCUT2D eigenvalue weighted by Gasteiger charge is -2.35. The molecule has 262 valence electrons. The largest absolute Gasteiger partial charge is 0.392 e. The fourth-order valence-electron chi connectivity index (χ4n) is 7.07. The molecule has 1 aromatic heterocycles. The van der Waals surface area contributed by atoms with E-state index < -0.39 is 53.9 Å². The Hall–Kier alpha value is -1.57. The summed E-state index contributed by atoms with van der Waals surface area (Å²) in [6.45, 7) is 14.0. The van der Waals surface area contributed by atoms with Gasteiger partial charge in [-0.05, 0) is 49.5 Å². The summed E-state index contributed by atoms with van der Waals surface area (Å²) in [6, 6.07) is 0. The van der Waals surface area contributed by atoms with Crippen LogP contribution in [-0.4, -0.2) is 107 Å². The van der Waals surface area contributed by atoms with Crippen molar-refractivity contribution in [1.82, 2.24) is 9.88 Å². The van der Waals surface area contributed by atoms with Crippen molar-refractivity contribution in [2.75, 3.05) is 40.5 Å². The number of aliphatic hydroxyl groups is 4. The molecule has 0 aliphatic heterocycles. The highest BCUT2D eigenvalue weighted by Crippen LogP contribution is 2.59. The number of hydrogen-bond donors (Lipinski definition) is 4. The number of carbonyl (C=O) groups is 2. The molecule has 9 atom stereocenters. The van der Waals surface area contributed by atoms with E-state index in [9.17, 15) is 30.0 Å². The lowest BCUT2D eigenvalue weighted by Crippen LogP contribution is -2.46. The van der Waals surface area contributed by atoms with E-state index in [4.69, 9.17) is 14.5 Å². The first-order valence-electron chi connectivity index (χ1n) is 16.7. The Bertz CT molecular complexity index is 1180. The first-order valence-corrected chi connectivity index (χ1v) is 17.6. The van der Waals surface area contributed by atoms with Gasteiger partial charge < -0.3 is 29.9 Å². The lowest BCUT2D eigenvalue weighted by atomic mass is 9.71. The van der Waals surface area contributed by atoms with E-state index in [1.807, 2.05) is 32.2 Å². The van der Waals surface area contributed by atoms with Crippen molar-refractivity contribution in [3.05, 3.63) is 21.7 Å². The van der Waals surface area contributed by atoms with Gasteiger partial charge in [-0.2, -0.15) is 0 Å². The fourth-order valence-corrected chi connectivity index (χ4v) is 7.87. The molecule has 0 bridgehead atoms. The number of carbonyl (C=O) groups excluding carboxylic acids is 2. The zero-order valence-electron chi connectivity index (χ0n) is 29.1. The molecule has 2 aliphatic rings. The third-order valence-electron chi connectivity index (χ3n) is 10.9. The maximum atomic E-state index is 13.6. The lowest BCUT2D eigenvalue weighted by molar-refractivity contribution is -0.144. The van der Waals surface area contributed by atoms with Gasteiger partial charge in [0.2, 0.25) is 0 Å². The number of hydrogen-bond acceptors (Lipinski definition) is 11. The molecule has 11 heteroatoms. The van der Waals surface area contributed by atoms with Crippen LogP contribution in [0.2, 0.25) is 0 Å². The molecule has 0 radical (unpaired) electrons. The van der Waals surface area contributed by atoms with Crippen LogP contribution in [-0.2, 0) is 25.6 Å². The Kier molecular flexibility index (Phi) is 14.1. The molecular formula is C35H58N2O8S. The second-order valence-electron chi connectivity index (χ2n) is 14.6. The predicted molar refractivity (Wildman–Crippen MR) is 179 cm³/mol. The van der Waals surface area contributed by atoms with Gasteiger partial charge in [0.05, 0.1) is 49.2 Å². The molecule has 0 aromatic carbocycles. The summed E-state index contributed by atoms with van der Waals surface area (Å²) in [7, 11) is 3.35. The van der Waals surface area contributed by atoms with Crippen LogP contribution >= 0.6 is 11.3 Å². The van der Waals surface area contributed by atoms with Gasteiger partial charge in [0.25, 0.3) is 0 Å². The Morgan fingerprint density at radius 3 is 2.33 bits per heavy atom. The van der Waals surface area contributed by atoms with Crippen LogP contribution in [0.1, 0.15) is 84.3 Å². The molecule has 2 fully saturated rings. The standard InChI is InChI=1S/C35H58N2O8S/c1-21-10-9-11-35(6)26(33(35)43)17-25(31(41)27(38)18-28(39)34(4,5)32(42)23(3)30(21)40)22(2)16-24-20-46-29(36-24)19-37(12-14-44-7)13-15-45-8/h16,20-21,23,25-26,28,30-31,33,39-41,43H,9-15,17-19H2,1-8H3/b22-16+. The minimum Gasteiger partial charge on any atom is -0.392 e. The minimum absolute atomic E-state index is 0.112. The Morgan fingerprint density at radius 1 is 1.09 bits per heavy atom. The van der Waals surface area contributed by atoms with Crippen LogP contribution in [0.25, 0.3) is 6.08 Å². The van der Waals surface area contributed by atoms with Crippen molar-refractivity contribution in [3.8, 4) is 0 Å². The molecule has 1 heterocycles. The van der Waals surface area contributed by atoms with Gasteiger partial charge in [0.15, 0.2) is 5.78 Å². The third-order valence-corrected chi connectivity index (χ3v) is 11.7. The average Bonchev–Trinajstić information content (AvgIpc) is 3.28. The number of fused-ring (bicyclic) bond motifs is 1. The Balaban J connectivity index is 1.89. The summed E-state index contributed by atoms with van der Waals surface area (Å²) < 4.78 is 10.5. The van der Waals surface area contributed by atoms with Crippen molar-refractivity contribution in [1.29, 1.82) is 0 Å². The molecule has 9 unspecified atom stereocenters. The van der Waals surface area contributed by atoms with Crippen LogP contribution in [0.5, 0.6) is 0 Å². The number of nitrogens with zero attached hydrogens (tertiary/aromatic N) is 2. The number of ketones is 2. The van der Waals surface area contributed by atoms with Gasteiger partial charge in [-0.3, -0.25) is 14.5 Å². The van der Waals surface area contributed by atoms with E-state index in [2.05, 4.69) is 4.90 Å². The van der Waals surface area contributed by atoms with Gasteiger partial charge in [-0.15, -0.1) is 11.3 Å². The van der Waals surface area contributed by atoms with Gasteiger partial charge in [-0.1, -0.05) is 46.6 Å². The van der Waals surface area contributed by atoms with Crippen molar-refractivity contribution in [2.24, 2.45) is 34.5 Å². The molecular weight excluding hydrogens is 608 g/mol. The number of ether oxygens (including phenoxy) is 2. The van der Waals surface area contributed by atoms with Crippen LogP contribution in [0.3, 0.4) is 0 Å². The second-order valence-corrected chi connectivity index (χ2v) is 15.5. The average molecular weight is 667 g/mol. The summed E-state index contributed by atoms with van der Waals surface area (Å²) in [5.41, 5.74) is -0.162. The number of rotatable bonds is 10. The van der Waals surface area contributed by atoms with Gasteiger partial charge >= 0.3 is 0 Å². The van der Waals surface area contributed by atoms with Crippen molar-refractivity contribution < 1.29 is 39.5 Å². The van der Waals surface area contributed by atoms with Crippen molar-refractivity contribution in [3.63, 3.8) is 0 Å². The molecule has 2 saturated carbocycles. The van der Waals surface area contributed by atoms with Crippen LogP contribution in [0.15, 0.2) is 11.0 Å². The summed E-state index contributed by atoms with van der Waals surface area (Å²) in [4.78, 5) is 34.0. The van der Waals surface area contributed by atoms with E-state index in [0.29, 0.717) is 32.6 Å². The van der Waals surface area contributed by atoms with Crippen LogP contribution in [0.4, 0.5) is 0 Å². The normalized spacial score (nSPS) is 34.9. The number of methoxy groups -OCH3 is 2. The molecule has 4 N–H and O–H groups in total. The summed E-state index contributed by atoms with van der Waals surface area (Å²) in [5.74, 6) is -2.45. The van der Waals surface area contributed by atoms with E-state index in [-0.39, 0.29) is 23.0 Å². The quantitative estimate of drug-likeness (QED) is 0.291. The molecule has 10 nitrogen and oxygen atoms in total. The van der Waals surface area contributed by atoms with E-state index in [1.54, 1.807) is 35.0 Å². The van der Waals surface area contributed by atoms with Crippen LogP contribution in [0, 0.1) is 34.5 Å². The number of Topliss-reactive ketones (excluding diaryl/α,β-unsaturated/α-hetero) is 2. The van der Waals surface area contributed by atoms with Crippen molar-refractivity contribution >= 4 is 29.0 Å². The highest BCUT2D eigenvalue weighted by molar-refractivity contribution is 7.09.